The van der Waals surface area contributed by atoms with Crippen LogP contribution < -0.4 is 5.30 Å². The molecule has 0 aliphatic heterocycles. The van der Waals surface area contributed by atoms with Crippen LogP contribution in [0.5, 0.6) is 0 Å². The van der Waals surface area contributed by atoms with Gasteiger partial charge in [0.2, 0.25) is 0 Å². The van der Waals surface area contributed by atoms with Gasteiger partial charge in [-0.25, -0.2) is 0 Å². The Morgan fingerprint density at radius 2 is 1.78 bits per heavy atom. The Bertz CT molecular complexity index is 205. The Hall–Kier alpha value is -0.680. The summed E-state index contributed by atoms with van der Waals surface area (Å²) in [5, 5.41) is 0.924. The molecular formula is C7H8OP. The molecule has 0 amide bonds. The van der Waals surface area contributed by atoms with Gasteiger partial charge >= 0.3 is 0 Å². The largest absolute Gasteiger partial charge is 0.282 e. The molecule has 2 heteroatoms. The first-order valence-corrected chi connectivity index (χ1v) is 4.47. The summed E-state index contributed by atoms with van der Waals surface area (Å²) in [5.74, 6) is 0. The van der Waals surface area contributed by atoms with Crippen LogP contribution >= 0.6 is 7.80 Å². The van der Waals surface area contributed by atoms with Crippen LogP contribution in [0.4, 0.5) is 0 Å². The van der Waals surface area contributed by atoms with E-state index in [0.29, 0.717) is 0 Å². The molecule has 47 valence electrons. The molecule has 1 atom stereocenters. The predicted molar refractivity (Wildman–Crippen MR) is 39.6 cm³/mol. The van der Waals surface area contributed by atoms with E-state index in [-0.39, 0.29) is 0 Å². The Morgan fingerprint density at radius 1 is 1.22 bits per heavy atom. The van der Waals surface area contributed by atoms with Gasteiger partial charge in [-0.15, -0.1) is 0 Å². The van der Waals surface area contributed by atoms with Crippen LogP contribution in [-0.2, 0) is 4.57 Å². The molecule has 0 bridgehead atoms. The van der Waals surface area contributed by atoms with Gasteiger partial charge in [0.25, 0.3) is 0 Å². The summed E-state index contributed by atoms with van der Waals surface area (Å²) in [6.45, 7) is 1.71. The Morgan fingerprint density at radius 3 is 2.11 bits per heavy atom. The van der Waals surface area contributed by atoms with E-state index in [0.717, 1.165) is 5.30 Å². The summed E-state index contributed by atoms with van der Waals surface area (Å²) in [6.07, 6.45) is 0. The first-order chi connectivity index (χ1) is 4.30. The first-order valence-electron chi connectivity index (χ1n) is 2.76. The molecule has 1 aromatic rings. The van der Waals surface area contributed by atoms with E-state index in [4.69, 9.17) is 0 Å². The quantitative estimate of drug-likeness (QED) is 0.542. The molecule has 1 nitrogen and oxygen atoms in total. The summed E-state index contributed by atoms with van der Waals surface area (Å²) >= 11 is 0. The standard InChI is InChI=1S/C7H8OP/c1-9(8)7-5-3-2-4-6-7/h2-6H,1H3. The van der Waals surface area contributed by atoms with Crippen molar-refractivity contribution in [3.8, 4) is 0 Å². The lowest BCUT2D eigenvalue weighted by atomic mass is 10.4. The topological polar surface area (TPSA) is 17.1 Å². The highest BCUT2D eigenvalue weighted by molar-refractivity contribution is 7.52. The molecule has 1 unspecified atom stereocenters. The fraction of sp³-hybridized carbons (Fsp3) is 0.143. The maximum atomic E-state index is 10.8. The third-order valence-electron chi connectivity index (χ3n) is 1.12. The molecule has 0 saturated carbocycles. The molecular weight excluding hydrogens is 131 g/mol. The number of rotatable bonds is 1. The zero-order valence-electron chi connectivity index (χ0n) is 5.24. The van der Waals surface area contributed by atoms with Crippen LogP contribution in [-0.4, -0.2) is 6.66 Å². The van der Waals surface area contributed by atoms with Crippen molar-refractivity contribution in [3.63, 3.8) is 0 Å². The summed E-state index contributed by atoms with van der Waals surface area (Å²) < 4.78 is 10.8. The minimum Gasteiger partial charge on any atom is -0.282 e. The monoisotopic (exact) mass is 139 g/mol. The van der Waals surface area contributed by atoms with Gasteiger partial charge in [-0.05, 0) is 12.1 Å². The second kappa shape index (κ2) is 2.75. The normalized spacial score (nSPS) is 11.0. The summed E-state index contributed by atoms with van der Waals surface area (Å²) in [7, 11) is -1.15. The van der Waals surface area contributed by atoms with E-state index in [2.05, 4.69) is 0 Å². The number of hydrogen-bond donors (Lipinski definition) is 0. The third-order valence-corrected chi connectivity index (χ3v) is 2.15. The molecule has 0 N–H and O–H groups in total. The molecule has 9 heavy (non-hydrogen) atoms. The van der Waals surface area contributed by atoms with E-state index in [1.165, 1.54) is 0 Å². The molecule has 0 aromatic heterocycles. The van der Waals surface area contributed by atoms with Gasteiger partial charge in [0.1, 0.15) is 7.80 Å². The second-order valence-electron chi connectivity index (χ2n) is 1.83. The Balaban J connectivity index is 2.98. The van der Waals surface area contributed by atoms with Crippen LogP contribution in [0.1, 0.15) is 0 Å². The average molecular weight is 139 g/mol. The van der Waals surface area contributed by atoms with E-state index in [1.54, 1.807) is 6.66 Å². The van der Waals surface area contributed by atoms with Crippen LogP contribution in [0.2, 0.25) is 0 Å². The molecule has 1 aromatic carbocycles. The van der Waals surface area contributed by atoms with Crippen LogP contribution in [0.15, 0.2) is 30.3 Å². The van der Waals surface area contributed by atoms with E-state index < -0.39 is 7.80 Å². The lowest BCUT2D eigenvalue weighted by molar-refractivity contribution is 0.596. The lowest BCUT2D eigenvalue weighted by Crippen LogP contribution is -1.91. The van der Waals surface area contributed by atoms with Crippen molar-refractivity contribution in [2.75, 3.05) is 6.66 Å². The average Bonchev–Trinajstić information content (AvgIpc) is 1.90. The maximum absolute atomic E-state index is 10.8. The van der Waals surface area contributed by atoms with E-state index in [9.17, 15) is 4.57 Å². The van der Waals surface area contributed by atoms with Gasteiger partial charge in [-0.1, -0.05) is 18.2 Å². The molecule has 0 aliphatic carbocycles. The van der Waals surface area contributed by atoms with Crippen molar-refractivity contribution >= 4 is 13.1 Å². The van der Waals surface area contributed by atoms with Gasteiger partial charge in [-0.3, -0.25) is 4.57 Å². The molecule has 0 aliphatic rings. The lowest BCUT2D eigenvalue weighted by Gasteiger charge is -1.90. The van der Waals surface area contributed by atoms with E-state index in [1.807, 2.05) is 30.3 Å². The molecule has 0 saturated heterocycles. The maximum Gasteiger partial charge on any atom is 0.101 e. The highest BCUT2D eigenvalue weighted by Gasteiger charge is 1.91. The van der Waals surface area contributed by atoms with Gasteiger partial charge < -0.3 is 0 Å². The minimum atomic E-state index is -1.15. The van der Waals surface area contributed by atoms with Crippen LogP contribution in [0, 0.1) is 0 Å². The molecule has 1 radical (unpaired) electrons. The molecule has 1 rings (SSSR count). The van der Waals surface area contributed by atoms with Crippen molar-refractivity contribution in [3.05, 3.63) is 30.3 Å². The Kier molecular flexibility index (Phi) is 1.96. The highest BCUT2D eigenvalue weighted by atomic mass is 31.1. The SMILES string of the molecule is C[P](=O)c1ccccc1. The number of benzene rings is 1. The van der Waals surface area contributed by atoms with Crippen molar-refractivity contribution < 1.29 is 4.57 Å². The van der Waals surface area contributed by atoms with Crippen molar-refractivity contribution in [1.82, 2.24) is 0 Å². The van der Waals surface area contributed by atoms with Gasteiger partial charge in [0.15, 0.2) is 0 Å². The molecule has 0 spiro atoms. The fourth-order valence-corrected chi connectivity index (χ4v) is 1.23. The zero-order valence-corrected chi connectivity index (χ0v) is 6.14. The van der Waals surface area contributed by atoms with E-state index >= 15 is 0 Å². The van der Waals surface area contributed by atoms with Crippen molar-refractivity contribution in [2.24, 2.45) is 0 Å². The highest BCUT2D eigenvalue weighted by Crippen LogP contribution is 2.11. The van der Waals surface area contributed by atoms with Crippen LogP contribution in [0.3, 0.4) is 0 Å². The fourth-order valence-electron chi connectivity index (χ4n) is 0.638. The minimum absolute atomic E-state index is 0.924. The second-order valence-corrected chi connectivity index (χ2v) is 3.34. The molecule has 0 fully saturated rings. The zero-order chi connectivity index (χ0) is 6.69. The summed E-state index contributed by atoms with van der Waals surface area (Å²) in [5.41, 5.74) is 0. The third kappa shape index (κ3) is 1.62. The Labute approximate surface area is 55.5 Å². The van der Waals surface area contributed by atoms with Crippen molar-refractivity contribution in [2.45, 2.75) is 0 Å². The summed E-state index contributed by atoms with van der Waals surface area (Å²) in [4.78, 5) is 0. The molecule has 0 heterocycles. The smallest absolute Gasteiger partial charge is 0.101 e. The predicted octanol–water partition coefficient (Wildman–Crippen LogP) is 1.77. The van der Waals surface area contributed by atoms with Gasteiger partial charge in [0.05, 0.1) is 0 Å². The van der Waals surface area contributed by atoms with Crippen molar-refractivity contribution in [1.29, 1.82) is 0 Å². The van der Waals surface area contributed by atoms with Gasteiger partial charge in [0, 0.05) is 12.0 Å². The summed E-state index contributed by atoms with van der Waals surface area (Å²) in [6, 6.07) is 9.46. The van der Waals surface area contributed by atoms with Gasteiger partial charge in [-0.2, -0.15) is 0 Å². The first kappa shape index (κ1) is 6.44. The van der Waals surface area contributed by atoms with Crippen LogP contribution in [0.25, 0.3) is 0 Å². The number of hydrogen-bond acceptors (Lipinski definition) is 1.